The number of nitrogens with zero attached hydrogens (tertiary/aromatic N) is 1. The van der Waals surface area contributed by atoms with E-state index in [1.807, 2.05) is 19.1 Å². The van der Waals surface area contributed by atoms with Gasteiger partial charge in [-0.05, 0) is 48.2 Å². The molecule has 0 saturated heterocycles. The van der Waals surface area contributed by atoms with Gasteiger partial charge in [-0.15, -0.1) is 0 Å². The number of hydrogen-bond acceptors (Lipinski definition) is 6. The standard InChI is InChI=1S/C19H17N3O5/c1-10(11-3-5-15-16(9-11)27-7-6-26-15)20-17(23)12-2-4-13-14(8-12)22-19(25)18(24)21-13/h2-5,8-10H,6-7H2,1H3,(H,20,23)(H,21,24)(H,22,25)/p-1/t10-/m0/s1. The third-order valence-corrected chi connectivity index (χ3v) is 4.33. The van der Waals surface area contributed by atoms with Crippen molar-refractivity contribution in [2.24, 2.45) is 4.99 Å². The van der Waals surface area contributed by atoms with Crippen LogP contribution in [0, 0.1) is 0 Å². The summed E-state index contributed by atoms with van der Waals surface area (Å²) in [7, 11) is 0. The Hall–Kier alpha value is -3.55. The Morgan fingerprint density at radius 1 is 1.00 bits per heavy atom. The minimum Gasteiger partial charge on any atom is -0.858 e. The smallest absolute Gasteiger partial charge is 0.314 e. The Morgan fingerprint density at radius 3 is 2.48 bits per heavy atom. The number of aromatic nitrogens is 2. The molecule has 3 aromatic rings. The summed E-state index contributed by atoms with van der Waals surface area (Å²) in [5, 5.41) is 12.5. The summed E-state index contributed by atoms with van der Waals surface area (Å²) < 4.78 is 11.0. The van der Waals surface area contributed by atoms with Crippen LogP contribution in [-0.4, -0.2) is 29.1 Å². The highest BCUT2D eigenvalue weighted by Crippen LogP contribution is 2.33. The van der Waals surface area contributed by atoms with E-state index in [-0.39, 0.29) is 0 Å². The van der Waals surface area contributed by atoms with Gasteiger partial charge in [0.25, 0.3) is 0 Å². The van der Waals surface area contributed by atoms with E-state index in [2.05, 4.69) is 15.0 Å². The summed E-state index contributed by atoms with van der Waals surface area (Å²) in [5.74, 6) is 0.892. The van der Waals surface area contributed by atoms with Gasteiger partial charge in [0.05, 0.1) is 17.1 Å². The van der Waals surface area contributed by atoms with Crippen molar-refractivity contribution in [1.29, 1.82) is 0 Å². The minimum absolute atomic E-state index is 0.314. The van der Waals surface area contributed by atoms with E-state index in [1.54, 1.807) is 18.2 Å². The number of hydrogen-bond donors (Lipinski definition) is 2. The highest BCUT2D eigenvalue weighted by Gasteiger charge is 2.14. The summed E-state index contributed by atoms with van der Waals surface area (Å²) in [4.78, 5) is 31.9. The molecular weight excluding hydrogens is 350 g/mol. The van der Waals surface area contributed by atoms with E-state index < -0.39 is 23.1 Å². The van der Waals surface area contributed by atoms with Crippen LogP contribution in [0.3, 0.4) is 0 Å². The Labute approximate surface area is 153 Å². The number of fused-ring (bicyclic) bond motifs is 2. The van der Waals surface area contributed by atoms with E-state index in [1.165, 1.54) is 6.07 Å². The van der Waals surface area contributed by atoms with Gasteiger partial charge in [0.2, 0.25) is 0 Å². The van der Waals surface area contributed by atoms with Crippen LogP contribution in [-0.2, 0) is 0 Å². The lowest BCUT2D eigenvalue weighted by molar-refractivity contribution is -0.213. The number of benzene rings is 2. The second-order valence-electron chi connectivity index (χ2n) is 6.18. The summed E-state index contributed by atoms with van der Waals surface area (Å²) in [5.41, 5.74) is 0.441. The van der Waals surface area contributed by atoms with Crippen molar-refractivity contribution in [2.45, 2.75) is 13.0 Å². The van der Waals surface area contributed by atoms with Crippen LogP contribution in [0.25, 0.3) is 11.0 Å². The summed E-state index contributed by atoms with van der Waals surface area (Å²) in [6.45, 7) is 2.81. The fourth-order valence-corrected chi connectivity index (χ4v) is 2.89. The third kappa shape index (κ3) is 3.29. The molecule has 0 amide bonds. The SMILES string of the molecule is C[C@H](N=C([O-])c1ccc2[nH]c(=O)c(=O)[nH]c2c1)c1ccc2c(c1)OCCO2. The Morgan fingerprint density at radius 2 is 1.70 bits per heavy atom. The summed E-state index contributed by atoms with van der Waals surface area (Å²) in [6.07, 6.45) is 0. The van der Waals surface area contributed by atoms with Gasteiger partial charge in [-0.1, -0.05) is 12.1 Å². The van der Waals surface area contributed by atoms with Gasteiger partial charge in [-0.25, -0.2) is 0 Å². The molecule has 0 spiro atoms. The van der Waals surface area contributed by atoms with Crippen LogP contribution < -0.4 is 25.7 Å². The first-order valence-electron chi connectivity index (χ1n) is 8.42. The molecule has 4 rings (SSSR count). The Bertz CT molecular complexity index is 1160. The van der Waals surface area contributed by atoms with Crippen molar-refractivity contribution >= 4 is 16.9 Å². The predicted octanol–water partition coefficient (Wildman–Crippen LogP) is 0.856. The van der Waals surface area contributed by atoms with Gasteiger partial charge >= 0.3 is 11.1 Å². The highest BCUT2D eigenvalue weighted by molar-refractivity contribution is 5.94. The molecule has 8 nitrogen and oxygen atoms in total. The molecule has 1 aliphatic rings. The normalized spacial score (nSPS) is 14.9. The molecule has 0 unspecified atom stereocenters. The van der Waals surface area contributed by atoms with E-state index in [0.717, 1.165) is 5.56 Å². The highest BCUT2D eigenvalue weighted by atomic mass is 16.6. The van der Waals surface area contributed by atoms with Gasteiger partial charge in [0.15, 0.2) is 11.5 Å². The number of aliphatic imine (C=N–C) groups is 1. The van der Waals surface area contributed by atoms with E-state index in [0.29, 0.717) is 41.3 Å². The van der Waals surface area contributed by atoms with Crippen molar-refractivity contribution in [2.75, 3.05) is 13.2 Å². The van der Waals surface area contributed by atoms with Crippen LogP contribution in [0.2, 0.25) is 0 Å². The Balaban J connectivity index is 1.65. The number of nitrogens with one attached hydrogen (secondary N) is 2. The second-order valence-corrected chi connectivity index (χ2v) is 6.18. The predicted molar refractivity (Wildman–Crippen MR) is 97.6 cm³/mol. The molecule has 0 bridgehead atoms. The first-order chi connectivity index (χ1) is 13.0. The van der Waals surface area contributed by atoms with Crippen molar-refractivity contribution in [1.82, 2.24) is 9.97 Å². The largest absolute Gasteiger partial charge is 0.858 e. The van der Waals surface area contributed by atoms with Crippen LogP contribution in [0.5, 0.6) is 11.5 Å². The van der Waals surface area contributed by atoms with Gasteiger partial charge in [-0.3, -0.25) is 14.6 Å². The monoisotopic (exact) mass is 366 g/mol. The maximum absolute atomic E-state index is 12.5. The second kappa shape index (κ2) is 6.64. The average molecular weight is 366 g/mol. The molecular formula is C19H16N3O5-. The van der Waals surface area contributed by atoms with Crippen molar-refractivity contribution in [3.05, 3.63) is 68.2 Å². The van der Waals surface area contributed by atoms with Crippen LogP contribution in [0.1, 0.15) is 24.1 Å². The first kappa shape index (κ1) is 16.9. The van der Waals surface area contributed by atoms with Crippen molar-refractivity contribution < 1.29 is 14.6 Å². The lowest BCUT2D eigenvalue weighted by Gasteiger charge is -2.20. The molecule has 0 radical (unpaired) electrons. The number of aromatic amines is 2. The fraction of sp³-hybridized carbons (Fsp3) is 0.211. The molecule has 138 valence electrons. The molecule has 0 fully saturated rings. The molecule has 0 saturated carbocycles. The third-order valence-electron chi connectivity index (χ3n) is 4.33. The molecule has 1 aliphatic heterocycles. The zero-order chi connectivity index (χ0) is 19.0. The van der Waals surface area contributed by atoms with Gasteiger partial charge in [-0.2, -0.15) is 0 Å². The minimum atomic E-state index is -0.770. The summed E-state index contributed by atoms with van der Waals surface area (Å²) in [6, 6.07) is 9.68. The average Bonchev–Trinajstić information content (AvgIpc) is 2.68. The molecule has 2 N–H and O–H groups in total. The zero-order valence-electron chi connectivity index (χ0n) is 14.4. The van der Waals surface area contributed by atoms with Crippen LogP contribution in [0.4, 0.5) is 0 Å². The lowest BCUT2D eigenvalue weighted by atomic mass is 10.1. The number of H-pyrrole nitrogens is 2. The van der Waals surface area contributed by atoms with Crippen LogP contribution in [0.15, 0.2) is 51.0 Å². The van der Waals surface area contributed by atoms with E-state index >= 15 is 0 Å². The Kier molecular flexibility index (Phi) is 4.15. The zero-order valence-corrected chi connectivity index (χ0v) is 14.4. The molecule has 8 heteroatoms. The van der Waals surface area contributed by atoms with Gasteiger partial charge in [0, 0.05) is 0 Å². The topological polar surface area (TPSA) is 120 Å². The number of rotatable bonds is 3. The molecule has 2 heterocycles. The number of ether oxygens (including phenoxy) is 2. The quantitative estimate of drug-likeness (QED) is 0.405. The first-order valence-corrected chi connectivity index (χ1v) is 8.42. The molecule has 2 aromatic carbocycles. The van der Waals surface area contributed by atoms with Crippen molar-refractivity contribution in [3.63, 3.8) is 0 Å². The van der Waals surface area contributed by atoms with E-state index in [9.17, 15) is 14.7 Å². The molecule has 1 aromatic heterocycles. The maximum atomic E-state index is 12.5. The van der Waals surface area contributed by atoms with Crippen LogP contribution >= 0.6 is 0 Å². The van der Waals surface area contributed by atoms with Crippen molar-refractivity contribution in [3.8, 4) is 11.5 Å². The van der Waals surface area contributed by atoms with E-state index in [4.69, 9.17) is 9.47 Å². The molecule has 0 aliphatic carbocycles. The maximum Gasteiger partial charge on any atom is 0.314 e. The lowest BCUT2D eigenvalue weighted by Crippen LogP contribution is -2.29. The van der Waals surface area contributed by atoms with Gasteiger partial charge < -0.3 is 24.5 Å². The molecule has 1 atom stereocenters. The molecule has 27 heavy (non-hydrogen) atoms. The fourth-order valence-electron chi connectivity index (χ4n) is 2.89. The van der Waals surface area contributed by atoms with Gasteiger partial charge in [0.1, 0.15) is 13.2 Å². The summed E-state index contributed by atoms with van der Waals surface area (Å²) >= 11 is 0.